The van der Waals surface area contributed by atoms with Gasteiger partial charge in [0.15, 0.2) is 0 Å². The molecule has 0 unspecified atom stereocenters. The highest BCUT2D eigenvalue weighted by atomic mass is 35.5. The summed E-state index contributed by atoms with van der Waals surface area (Å²) in [6.07, 6.45) is 0. The van der Waals surface area contributed by atoms with E-state index in [-0.39, 0.29) is 0 Å². The standard InChI is InChI=1S/C8H6Cl2N2S/c1-4-2-5(9)7(12)8(6(4)10)13-3-11/h2H,12H2,1H3. The number of nitrogen functional groups attached to an aromatic ring is 1. The summed E-state index contributed by atoms with van der Waals surface area (Å²) in [6.45, 7) is 1.81. The molecule has 0 bridgehead atoms. The largest absolute Gasteiger partial charge is 0.397 e. The molecule has 0 atom stereocenters. The van der Waals surface area contributed by atoms with Gasteiger partial charge >= 0.3 is 0 Å². The van der Waals surface area contributed by atoms with E-state index >= 15 is 0 Å². The van der Waals surface area contributed by atoms with Gasteiger partial charge in [-0.05, 0) is 30.3 Å². The zero-order chi connectivity index (χ0) is 10.0. The summed E-state index contributed by atoms with van der Waals surface area (Å²) in [7, 11) is 0. The van der Waals surface area contributed by atoms with Crippen LogP contribution in [0.2, 0.25) is 10.0 Å². The van der Waals surface area contributed by atoms with Crippen LogP contribution in [-0.4, -0.2) is 0 Å². The first-order valence-electron chi connectivity index (χ1n) is 3.38. The average Bonchev–Trinajstić information content (AvgIpc) is 2.09. The molecule has 0 spiro atoms. The van der Waals surface area contributed by atoms with Crippen molar-refractivity contribution in [1.82, 2.24) is 0 Å². The quantitative estimate of drug-likeness (QED) is 0.459. The van der Waals surface area contributed by atoms with Gasteiger partial charge in [0.2, 0.25) is 0 Å². The maximum absolute atomic E-state index is 8.51. The lowest BCUT2D eigenvalue weighted by Crippen LogP contribution is -1.92. The van der Waals surface area contributed by atoms with Gasteiger partial charge in [0.05, 0.1) is 20.6 Å². The Morgan fingerprint density at radius 3 is 2.69 bits per heavy atom. The fourth-order valence-electron chi connectivity index (χ4n) is 0.882. The SMILES string of the molecule is Cc1cc(Cl)c(N)c(SC#N)c1Cl. The lowest BCUT2D eigenvalue weighted by Gasteiger charge is -2.07. The van der Waals surface area contributed by atoms with Crippen molar-refractivity contribution >= 4 is 40.7 Å². The minimum absolute atomic E-state index is 0.365. The number of thiocyanates is 1. The van der Waals surface area contributed by atoms with Gasteiger partial charge in [0, 0.05) is 0 Å². The Morgan fingerprint density at radius 1 is 1.54 bits per heavy atom. The Hall–Kier alpha value is -0.560. The van der Waals surface area contributed by atoms with E-state index < -0.39 is 0 Å². The number of rotatable bonds is 1. The topological polar surface area (TPSA) is 49.8 Å². The fourth-order valence-corrected chi connectivity index (χ4v) is 2.03. The number of anilines is 1. The molecule has 0 radical (unpaired) electrons. The van der Waals surface area contributed by atoms with E-state index in [2.05, 4.69) is 0 Å². The lowest BCUT2D eigenvalue weighted by molar-refractivity contribution is 1.37. The van der Waals surface area contributed by atoms with Crippen molar-refractivity contribution in [2.45, 2.75) is 11.8 Å². The van der Waals surface area contributed by atoms with Crippen molar-refractivity contribution in [3.8, 4) is 5.40 Å². The van der Waals surface area contributed by atoms with Crippen LogP contribution in [-0.2, 0) is 0 Å². The second-order valence-electron chi connectivity index (χ2n) is 2.43. The summed E-state index contributed by atoms with van der Waals surface area (Å²) in [6, 6.07) is 1.68. The van der Waals surface area contributed by atoms with Gasteiger partial charge in [-0.15, -0.1) is 0 Å². The molecule has 0 aliphatic rings. The molecule has 5 heteroatoms. The van der Waals surface area contributed by atoms with Gasteiger partial charge in [0.1, 0.15) is 5.40 Å². The highest BCUT2D eigenvalue weighted by Crippen LogP contribution is 2.38. The monoisotopic (exact) mass is 232 g/mol. The van der Waals surface area contributed by atoms with Crippen molar-refractivity contribution in [3.63, 3.8) is 0 Å². The van der Waals surface area contributed by atoms with Crippen LogP contribution in [0, 0.1) is 17.6 Å². The van der Waals surface area contributed by atoms with Crippen LogP contribution >= 0.6 is 35.0 Å². The van der Waals surface area contributed by atoms with Crippen molar-refractivity contribution in [3.05, 3.63) is 21.7 Å². The molecule has 0 saturated heterocycles. The number of hydrogen-bond donors (Lipinski definition) is 1. The predicted molar refractivity (Wildman–Crippen MR) is 57.1 cm³/mol. The molecular weight excluding hydrogens is 227 g/mol. The molecule has 1 rings (SSSR count). The van der Waals surface area contributed by atoms with Gasteiger partial charge in [-0.25, -0.2) is 0 Å². The minimum Gasteiger partial charge on any atom is -0.397 e. The second-order valence-corrected chi connectivity index (χ2v) is 4.01. The summed E-state index contributed by atoms with van der Waals surface area (Å²) in [5, 5.41) is 11.3. The lowest BCUT2D eigenvalue weighted by atomic mass is 10.2. The molecule has 0 heterocycles. The third kappa shape index (κ3) is 2.02. The van der Waals surface area contributed by atoms with Crippen LogP contribution in [0.3, 0.4) is 0 Å². The van der Waals surface area contributed by atoms with Crippen molar-refractivity contribution < 1.29 is 0 Å². The molecule has 68 valence electrons. The molecule has 0 aromatic heterocycles. The zero-order valence-corrected chi connectivity index (χ0v) is 9.09. The predicted octanol–water partition coefficient (Wildman–Crippen LogP) is 3.46. The van der Waals surface area contributed by atoms with Gasteiger partial charge in [0.25, 0.3) is 0 Å². The van der Waals surface area contributed by atoms with Crippen LogP contribution < -0.4 is 5.73 Å². The highest BCUT2D eigenvalue weighted by molar-refractivity contribution is 8.04. The number of aryl methyl sites for hydroxylation is 1. The maximum Gasteiger partial charge on any atom is 0.138 e. The first kappa shape index (κ1) is 10.5. The normalized spacial score (nSPS) is 9.69. The molecule has 1 aromatic carbocycles. The summed E-state index contributed by atoms with van der Waals surface area (Å²) >= 11 is 12.7. The summed E-state index contributed by atoms with van der Waals surface area (Å²) < 4.78 is 0. The number of nitrogens with two attached hydrogens (primary N) is 1. The first-order valence-corrected chi connectivity index (χ1v) is 4.95. The number of benzene rings is 1. The van der Waals surface area contributed by atoms with E-state index in [0.717, 1.165) is 17.3 Å². The zero-order valence-electron chi connectivity index (χ0n) is 6.77. The minimum atomic E-state index is 0.365. The summed E-state index contributed by atoms with van der Waals surface area (Å²) in [4.78, 5) is 0.536. The Kier molecular flexibility index (Phi) is 3.32. The molecule has 0 aliphatic heterocycles. The van der Waals surface area contributed by atoms with Crippen LogP contribution in [0.4, 0.5) is 5.69 Å². The summed E-state index contributed by atoms with van der Waals surface area (Å²) in [5.74, 6) is 0. The number of halogens is 2. The summed E-state index contributed by atoms with van der Waals surface area (Å²) in [5.41, 5.74) is 6.83. The molecule has 2 nitrogen and oxygen atoms in total. The van der Waals surface area contributed by atoms with Crippen LogP contribution in [0.25, 0.3) is 0 Å². The Bertz CT molecular complexity index is 358. The van der Waals surface area contributed by atoms with E-state index in [4.69, 9.17) is 34.2 Å². The second kappa shape index (κ2) is 4.10. The van der Waals surface area contributed by atoms with E-state index in [9.17, 15) is 0 Å². The van der Waals surface area contributed by atoms with E-state index in [1.165, 1.54) is 0 Å². The van der Waals surface area contributed by atoms with Gasteiger partial charge in [-0.2, -0.15) is 5.26 Å². The van der Waals surface area contributed by atoms with Crippen LogP contribution in [0.1, 0.15) is 5.56 Å². The number of hydrogen-bond acceptors (Lipinski definition) is 3. The average molecular weight is 233 g/mol. The van der Waals surface area contributed by atoms with Crippen LogP contribution in [0.15, 0.2) is 11.0 Å². The first-order chi connectivity index (χ1) is 6.07. The Balaban J connectivity index is 3.39. The van der Waals surface area contributed by atoms with E-state index in [1.807, 2.05) is 12.3 Å². The van der Waals surface area contributed by atoms with Crippen molar-refractivity contribution in [1.29, 1.82) is 5.26 Å². The number of nitriles is 1. The molecule has 0 saturated carbocycles. The van der Waals surface area contributed by atoms with Crippen molar-refractivity contribution in [2.75, 3.05) is 5.73 Å². The third-order valence-corrected chi connectivity index (χ3v) is 3.17. The number of nitrogens with zero attached hydrogens (tertiary/aromatic N) is 1. The molecule has 13 heavy (non-hydrogen) atoms. The molecule has 2 N–H and O–H groups in total. The highest BCUT2D eigenvalue weighted by Gasteiger charge is 2.11. The van der Waals surface area contributed by atoms with Gasteiger partial charge < -0.3 is 5.73 Å². The maximum atomic E-state index is 8.51. The molecule has 0 fully saturated rings. The van der Waals surface area contributed by atoms with Gasteiger partial charge in [-0.3, -0.25) is 0 Å². The van der Waals surface area contributed by atoms with Crippen LogP contribution in [0.5, 0.6) is 0 Å². The third-order valence-electron chi connectivity index (χ3n) is 1.54. The number of thioether (sulfide) groups is 1. The Morgan fingerprint density at radius 2 is 2.15 bits per heavy atom. The molecule has 0 amide bonds. The fraction of sp³-hybridized carbons (Fsp3) is 0.125. The molecule has 1 aromatic rings. The van der Waals surface area contributed by atoms with E-state index in [1.54, 1.807) is 6.07 Å². The molecular formula is C8H6Cl2N2S. The smallest absolute Gasteiger partial charge is 0.138 e. The van der Waals surface area contributed by atoms with Crippen molar-refractivity contribution in [2.24, 2.45) is 0 Å². The van der Waals surface area contributed by atoms with Gasteiger partial charge in [-0.1, -0.05) is 23.2 Å². The molecule has 0 aliphatic carbocycles. The van der Waals surface area contributed by atoms with E-state index in [0.29, 0.717) is 20.6 Å². The Labute approximate surface area is 90.6 Å².